The zero-order valence-electron chi connectivity index (χ0n) is 13.3. The molecule has 1 saturated heterocycles. The highest BCUT2D eigenvalue weighted by Crippen LogP contribution is 2.57. The Morgan fingerprint density at radius 2 is 2.32 bits per heavy atom. The highest BCUT2D eigenvalue weighted by molar-refractivity contribution is 9.10. The molecule has 2 aliphatic rings. The lowest BCUT2D eigenvalue weighted by molar-refractivity contribution is -0.229. The Balaban J connectivity index is 1.78. The van der Waals surface area contributed by atoms with Crippen LogP contribution in [0.2, 0.25) is 0 Å². The zero-order valence-corrected chi connectivity index (χ0v) is 15.7. The second-order valence-corrected chi connectivity index (χ2v) is 8.93. The fraction of sp³-hybridized carbons (Fsp3) is 0.688. The number of hydrogen-bond acceptors (Lipinski definition) is 4. The molecule has 3 atom stereocenters. The molecule has 0 spiro atoms. The van der Waals surface area contributed by atoms with Crippen molar-refractivity contribution in [3.63, 3.8) is 0 Å². The molecule has 1 saturated carbocycles. The van der Waals surface area contributed by atoms with Crippen LogP contribution in [0.4, 0.5) is 0 Å². The number of thiophene rings is 1. The van der Waals surface area contributed by atoms with Crippen LogP contribution < -0.4 is 5.73 Å². The third kappa shape index (κ3) is 2.27. The minimum atomic E-state index is -0.818. The third-order valence-electron chi connectivity index (χ3n) is 5.40. The Morgan fingerprint density at radius 3 is 2.95 bits per heavy atom. The molecule has 2 fully saturated rings. The first kappa shape index (κ1) is 16.4. The number of carbonyl (C=O) groups excluding carboxylic acids is 1. The van der Waals surface area contributed by atoms with Gasteiger partial charge >= 0.3 is 0 Å². The van der Waals surface area contributed by atoms with Crippen LogP contribution in [0.3, 0.4) is 0 Å². The SMILES string of the molecule is CN(Cc1cc(Br)cs1)C(=O)C1(N)C2CCCOC2C1(C)C. The quantitative estimate of drug-likeness (QED) is 0.868. The molecule has 0 radical (unpaired) electrons. The van der Waals surface area contributed by atoms with Gasteiger partial charge in [-0.15, -0.1) is 11.3 Å². The second-order valence-electron chi connectivity index (χ2n) is 7.02. The van der Waals surface area contributed by atoms with Crippen LogP contribution in [0.1, 0.15) is 31.6 Å². The highest BCUT2D eigenvalue weighted by atomic mass is 79.9. The summed E-state index contributed by atoms with van der Waals surface area (Å²) in [5.41, 5.74) is 5.52. The molecule has 1 amide bonds. The van der Waals surface area contributed by atoms with Crippen LogP contribution in [0.25, 0.3) is 0 Å². The van der Waals surface area contributed by atoms with Crippen molar-refractivity contribution in [2.75, 3.05) is 13.7 Å². The second kappa shape index (κ2) is 5.58. The van der Waals surface area contributed by atoms with Gasteiger partial charge in [0.25, 0.3) is 0 Å². The van der Waals surface area contributed by atoms with Crippen molar-refractivity contribution in [2.24, 2.45) is 17.1 Å². The van der Waals surface area contributed by atoms with E-state index in [1.54, 1.807) is 16.2 Å². The van der Waals surface area contributed by atoms with Crippen LogP contribution in [-0.4, -0.2) is 36.1 Å². The molecule has 3 unspecified atom stereocenters. The number of fused-ring (bicyclic) bond motifs is 1. The fourth-order valence-electron chi connectivity index (χ4n) is 4.07. The molecule has 2 heterocycles. The molecule has 1 aromatic rings. The van der Waals surface area contributed by atoms with Crippen molar-refractivity contribution in [3.05, 3.63) is 20.8 Å². The number of ether oxygens (including phenoxy) is 1. The van der Waals surface area contributed by atoms with Gasteiger partial charge in [0.05, 0.1) is 12.6 Å². The minimum Gasteiger partial charge on any atom is -0.377 e. The van der Waals surface area contributed by atoms with Crippen molar-refractivity contribution >= 4 is 33.2 Å². The standard InChI is InChI=1S/C16H23BrN2O2S/c1-15(2)13-12(5-4-6-21-13)16(15,18)14(20)19(3)8-11-7-10(17)9-22-11/h7,9,12-13H,4-6,8,18H2,1-3H3. The van der Waals surface area contributed by atoms with Crippen LogP contribution in [-0.2, 0) is 16.1 Å². The highest BCUT2D eigenvalue weighted by Gasteiger charge is 2.70. The largest absolute Gasteiger partial charge is 0.377 e. The first-order chi connectivity index (χ1) is 10.3. The van der Waals surface area contributed by atoms with Crippen LogP contribution in [0, 0.1) is 11.3 Å². The fourth-order valence-corrected chi connectivity index (χ4v) is 5.57. The summed E-state index contributed by atoms with van der Waals surface area (Å²) in [6.07, 6.45) is 2.08. The summed E-state index contributed by atoms with van der Waals surface area (Å²) in [6, 6.07) is 2.05. The number of rotatable bonds is 3. The smallest absolute Gasteiger partial charge is 0.243 e. The van der Waals surface area contributed by atoms with E-state index >= 15 is 0 Å². The first-order valence-corrected chi connectivity index (χ1v) is 9.34. The Labute approximate surface area is 144 Å². The molecule has 22 heavy (non-hydrogen) atoms. The van der Waals surface area contributed by atoms with Gasteiger partial charge in [0, 0.05) is 39.7 Å². The molecule has 122 valence electrons. The number of amides is 1. The van der Waals surface area contributed by atoms with Crippen molar-refractivity contribution < 1.29 is 9.53 Å². The lowest BCUT2D eigenvalue weighted by atomic mass is 9.46. The number of likely N-dealkylation sites (N-methyl/N-ethyl adjacent to an activating group) is 1. The van der Waals surface area contributed by atoms with Gasteiger partial charge in [-0.25, -0.2) is 0 Å². The van der Waals surface area contributed by atoms with E-state index in [4.69, 9.17) is 10.5 Å². The van der Waals surface area contributed by atoms with Crippen LogP contribution in [0.15, 0.2) is 15.9 Å². The van der Waals surface area contributed by atoms with Crippen molar-refractivity contribution in [1.29, 1.82) is 0 Å². The molecular formula is C16H23BrN2O2S. The molecule has 0 aromatic carbocycles. The molecule has 1 aliphatic heterocycles. The third-order valence-corrected chi connectivity index (χ3v) is 7.08. The Bertz CT molecular complexity index is 588. The average molecular weight is 387 g/mol. The predicted octanol–water partition coefficient (Wildman–Crippen LogP) is 3.00. The van der Waals surface area contributed by atoms with Gasteiger partial charge < -0.3 is 15.4 Å². The molecular weight excluding hydrogens is 364 g/mol. The Kier molecular flexibility index (Phi) is 4.17. The van der Waals surface area contributed by atoms with Gasteiger partial charge in [-0.3, -0.25) is 4.79 Å². The molecule has 2 N–H and O–H groups in total. The van der Waals surface area contributed by atoms with Gasteiger partial charge in [-0.1, -0.05) is 13.8 Å². The summed E-state index contributed by atoms with van der Waals surface area (Å²) in [4.78, 5) is 16.0. The molecule has 3 rings (SSSR count). The number of carbonyl (C=O) groups is 1. The molecule has 4 nitrogen and oxygen atoms in total. The monoisotopic (exact) mass is 386 g/mol. The number of nitrogens with two attached hydrogens (primary N) is 1. The van der Waals surface area contributed by atoms with Gasteiger partial charge in [0.15, 0.2) is 0 Å². The molecule has 1 aromatic heterocycles. The summed E-state index contributed by atoms with van der Waals surface area (Å²) in [5.74, 6) is 0.176. The zero-order chi connectivity index (χ0) is 16.1. The van der Waals surface area contributed by atoms with Gasteiger partial charge in [0.2, 0.25) is 5.91 Å². The van der Waals surface area contributed by atoms with E-state index in [9.17, 15) is 4.79 Å². The van der Waals surface area contributed by atoms with E-state index in [0.29, 0.717) is 6.54 Å². The van der Waals surface area contributed by atoms with Gasteiger partial charge in [-0.05, 0) is 34.8 Å². The normalized spacial score (nSPS) is 33.0. The summed E-state index contributed by atoms with van der Waals surface area (Å²) < 4.78 is 6.94. The van der Waals surface area contributed by atoms with Crippen LogP contribution in [0.5, 0.6) is 0 Å². The summed E-state index contributed by atoms with van der Waals surface area (Å²) in [6.45, 7) is 5.51. The molecule has 6 heteroatoms. The van der Waals surface area contributed by atoms with E-state index in [1.165, 1.54) is 0 Å². The molecule has 0 bridgehead atoms. The topological polar surface area (TPSA) is 55.6 Å². The maximum absolute atomic E-state index is 13.1. The van der Waals surface area contributed by atoms with Gasteiger partial charge in [-0.2, -0.15) is 0 Å². The maximum Gasteiger partial charge on any atom is 0.243 e. The summed E-state index contributed by atoms with van der Waals surface area (Å²) in [5, 5.41) is 2.03. The molecule has 1 aliphatic carbocycles. The number of hydrogen-bond donors (Lipinski definition) is 1. The Hall–Kier alpha value is -0.430. The summed E-state index contributed by atoms with van der Waals surface area (Å²) in [7, 11) is 1.84. The predicted molar refractivity (Wildman–Crippen MR) is 91.7 cm³/mol. The van der Waals surface area contributed by atoms with Crippen molar-refractivity contribution in [3.8, 4) is 0 Å². The van der Waals surface area contributed by atoms with E-state index < -0.39 is 5.54 Å². The number of halogens is 1. The van der Waals surface area contributed by atoms with Crippen molar-refractivity contribution in [2.45, 2.75) is 44.9 Å². The van der Waals surface area contributed by atoms with Gasteiger partial charge in [0.1, 0.15) is 5.54 Å². The maximum atomic E-state index is 13.1. The van der Waals surface area contributed by atoms with E-state index in [0.717, 1.165) is 28.8 Å². The minimum absolute atomic E-state index is 0.0359. The Morgan fingerprint density at radius 1 is 1.59 bits per heavy atom. The number of nitrogens with zero attached hydrogens (tertiary/aromatic N) is 1. The average Bonchev–Trinajstić information content (AvgIpc) is 2.90. The summed E-state index contributed by atoms with van der Waals surface area (Å²) >= 11 is 5.10. The lowest BCUT2D eigenvalue weighted by Crippen LogP contribution is -2.82. The first-order valence-electron chi connectivity index (χ1n) is 7.67. The van der Waals surface area contributed by atoms with E-state index in [-0.39, 0.29) is 23.3 Å². The lowest BCUT2D eigenvalue weighted by Gasteiger charge is -2.65. The van der Waals surface area contributed by atoms with E-state index in [2.05, 4.69) is 35.8 Å². The van der Waals surface area contributed by atoms with E-state index in [1.807, 2.05) is 12.4 Å². The van der Waals surface area contributed by atoms with Crippen LogP contribution >= 0.6 is 27.3 Å². The van der Waals surface area contributed by atoms with Crippen molar-refractivity contribution in [1.82, 2.24) is 4.90 Å².